The maximum atomic E-state index is 13.2. The zero-order valence-corrected chi connectivity index (χ0v) is 21.2. The normalized spacial score (nSPS) is 13.9. The Balaban J connectivity index is 2.23. The van der Waals surface area contributed by atoms with Crippen LogP contribution >= 0.6 is 12.6 Å². The summed E-state index contributed by atoms with van der Waals surface area (Å²) in [5, 5.41) is 26.4. The van der Waals surface area contributed by atoms with Crippen molar-refractivity contribution in [1.29, 1.82) is 0 Å². The molecule has 4 unspecified atom stereocenters. The number of hydrogen-bond acceptors (Lipinski definition) is 9. The van der Waals surface area contributed by atoms with Crippen LogP contribution in [0, 0.1) is 0 Å². The van der Waals surface area contributed by atoms with Crippen LogP contribution in [-0.4, -0.2) is 79.7 Å². The first kappa shape index (κ1) is 30.1. The van der Waals surface area contributed by atoms with Crippen molar-refractivity contribution in [3.05, 3.63) is 48.0 Å². The number of benzene rings is 1. The van der Waals surface area contributed by atoms with Gasteiger partial charge in [0.15, 0.2) is 0 Å². The van der Waals surface area contributed by atoms with E-state index in [1.54, 1.807) is 12.1 Å². The van der Waals surface area contributed by atoms with Crippen molar-refractivity contribution >= 4 is 42.2 Å². The summed E-state index contributed by atoms with van der Waals surface area (Å²) in [5.41, 5.74) is 12.0. The van der Waals surface area contributed by atoms with E-state index in [9.17, 15) is 34.2 Å². The van der Waals surface area contributed by atoms with E-state index < -0.39 is 53.8 Å². The number of phenolic OH excluding ortho intramolecular Hbond substituents is 1. The number of aromatic amines is 1. The molecule has 0 saturated heterocycles. The molecule has 0 saturated carbocycles. The number of H-pyrrole nitrogens is 1. The highest BCUT2D eigenvalue weighted by Crippen LogP contribution is 2.12. The molecule has 0 aliphatic rings. The molecule has 38 heavy (non-hydrogen) atoms. The smallest absolute Gasteiger partial charge is 0.326 e. The Morgan fingerprint density at radius 2 is 1.55 bits per heavy atom. The molecule has 0 spiro atoms. The number of imidazole rings is 1. The van der Waals surface area contributed by atoms with Crippen LogP contribution in [0.3, 0.4) is 0 Å². The molecule has 0 aliphatic carbocycles. The van der Waals surface area contributed by atoms with Crippen molar-refractivity contribution in [2.24, 2.45) is 11.5 Å². The first-order chi connectivity index (χ1) is 18.0. The Kier molecular flexibility index (Phi) is 11.6. The molecule has 4 atom stereocenters. The van der Waals surface area contributed by atoms with E-state index in [0.717, 1.165) is 0 Å². The molecule has 4 amide bonds. The Bertz CT molecular complexity index is 1110. The minimum absolute atomic E-state index is 0.00202. The molecule has 0 fully saturated rings. The zero-order chi connectivity index (χ0) is 28.2. The number of hydrogen-bond donors (Lipinski definition) is 9. The fourth-order valence-electron chi connectivity index (χ4n) is 3.36. The van der Waals surface area contributed by atoms with Crippen LogP contribution in [-0.2, 0) is 36.8 Å². The Labute approximate surface area is 223 Å². The van der Waals surface area contributed by atoms with Crippen molar-refractivity contribution in [3.63, 3.8) is 0 Å². The predicted molar refractivity (Wildman–Crippen MR) is 138 cm³/mol. The summed E-state index contributed by atoms with van der Waals surface area (Å²) in [7, 11) is 0. The molecule has 15 heteroatoms. The van der Waals surface area contributed by atoms with Gasteiger partial charge in [0.1, 0.15) is 23.9 Å². The number of thiol groups is 1. The second kappa shape index (κ2) is 14.6. The molecule has 1 heterocycles. The predicted octanol–water partition coefficient (Wildman–Crippen LogP) is -2.04. The monoisotopic (exact) mass is 549 g/mol. The van der Waals surface area contributed by atoms with Gasteiger partial charge in [-0.3, -0.25) is 19.2 Å². The number of phenols is 1. The van der Waals surface area contributed by atoms with Crippen molar-refractivity contribution in [3.8, 4) is 5.75 Å². The maximum absolute atomic E-state index is 13.2. The average molecular weight is 550 g/mol. The third-order valence-electron chi connectivity index (χ3n) is 5.45. The molecule has 1 aromatic carbocycles. The summed E-state index contributed by atoms with van der Waals surface area (Å²) in [5.74, 6) is -4.37. The van der Waals surface area contributed by atoms with Gasteiger partial charge in [0, 0.05) is 36.9 Å². The molecule has 0 radical (unpaired) electrons. The summed E-state index contributed by atoms with van der Waals surface area (Å²) < 4.78 is 0. The van der Waals surface area contributed by atoms with E-state index in [2.05, 4.69) is 38.5 Å². The van der Waals surface area contributed by atoms with E-state index >= 15 is 0 Å². The minimum atomic E-state index is -1.36. The van der Waals surface area contributed by atoms with Crippen LogP contribution in [0.25, 0.3) is 0 Å². The fraction of sp³-hybridized carbons (Fsp3) is 0.391. The van der Waals surface area contributed by atoms with Crippen LogP contribution in [0.1, 0.15) is 24.1 Å². The van der Waals surface area contributed by atoms with Crippen molar-refractivity contribution < 1.29 is 34.2 Å². The molecule has 206 valence electrons. The largest absolute Gasteiger partial charge is 0.508 e. The number of carboxylic acid groups (broad SMARTS) is 1. The second-order valence-electron chi connectivity index (χ2n) is 8.47. The molecular weight excluding hydrogens is 518 g/mol. The number of nitrogens with two attached hydrogens (primary N) is 2. The van der Waals surface area contributed by atoms with Crippen LogP contribution < -0.4 is 27.4 Å². The molecule has 10 N–H and O–H groups in total. The van der Waals surface area contributed by atoms with Crippen molar-refractivity contribution in [2.45, 2.75) is 49.9 Å². The molecule has 14 nitrogen and oxygen atoms in total. The van der Waals surface area contributed by atoms with E-state index in [4.69, 9.17) is 11.5 Å². The van der Waals surface area contributed by atoms with Gasteiger partial charge < -0.3 is 42.6 Å². The lowest BCUT2D eigenvalue weighted by molar-refractivity contribution is -0.142. The first-order valence-corrected chi connectivity index (χ1v) is 12.2. The van der Waals surface area contributed by atoms with Crippen LogP contribution in [0.5, 0.6) is 5.75 Å². The van der Waals surface area contributed by atoms with Gasteiger partial charge in [0.2, 0.25) is 23.6 Å². The lowest BCUT2D eigenvalue weighted by Gasteiger charge is -2.25. The number of carbonyl (C=O) groups is 5. The Morgan fingerprint density at radius 3 is 2.11 bits per heavy atom. The number of nitrogens with zero attached hydrogens (tertiary/aromatic N) is 1. The van der Waals surface area contributed by atoms with Gasteiger partial charge in [0.05, 0.1) is 12.4 Å². The number of carboxylic acids is 1. The Morgan fingerprint density at radius 1 is 0.947 bits per heavy atom. The van der Waals surface area contributed by atoms with Gasteiger partial charge in [0.25, 0.3) is 0 Å². The van der Waals surface area contributed by atoms with Gasteiger partial charge in [-0.2, -0.15) is 12.6 Å². The van der Waals surface area contributed by atoms with E-state index in [1.165, 1.54) is 24.7 Å². The van der Waals surface area contributed by atoms with Gasteiger partial charge in [-0.1, -0.05) is 12.1 Å². The van der Waals surface area contributed by atoms with E-state index in [1.807, 2.05) is 0 Å². The maximum Gasteiger partial charge on any atom is 0.326 e. The summed E-state index contributed by atoms with van der Waals surface area (Å²) in [6.07, 6.45) is 2.11. The molecule has 2 rings (SSSR count). The standard InChI is InChI=1S/C23H31N7O7S/c24-15(10-38)20(33)29-17(7-12-1-3-14(31)4-2-12)22(35)28-16(5-6-19(25)32)21(34)30-18(23(36)37)8-13-9-26-11-27-13/h1-4,9,11,15-18,31,38H,5-8,10,24H2,(H2,25,32)(H,26,27)(H,28,35)(H,29,33)(H,30,34)(H,36,37). The fourth-order valence-corrected chi connectivity index (χ4v) is 3.52. The van der Waals surface area contributed by atoms with Gasteiger partial charge in [-0.05, 0) is 24.1 Å². The third kappa shape index (κ3) is 9.74. The molecular formula is C23H31N7O7S. The van der Waals surface area contributed by atoms with Crippen molar-refractivity contribution in [1.82, 2.24) is 25.9 Å². The SMILES string of the molecule is NC(=O)CCC(NC(=O)C(Cc1ccc(O)cc1)NC(=O)C(N)CS)C(=O)NC(Cc1cnc[nH]1)C(=O)O. The Hall–Kier alpha value is -4.11. The quantitative estimate of drug-likeness (QED) is 0.111. The van der Waals surface area contributed by atoms with Crippen LogP contribution in [0.4, 0.5) is 0 Å². The zero-order valence-electron chi connectivity index (χ0n) is 20.3. The first-order valence-electron chi connectivity index (χ1n) is 11.5. The summed E-state index contributed by atoms with van der Waals surface area (Å²) in [6, 6.07) is 0.965. The van der Waals surface area contributed by atoms with Gasteiger partial charge in [-0.15, -0.1) is 0 Å². The third-order valence-corrected chi connectivity index (χ3v) is 5.84. The summed E-state index contributed by atoms with van der Waals surface area (Å²) >= 11 is 3.98. The summed E-state index contributed by atoms with van der Waals surface area (Å²) in [4.78, 5) is 68.3. The van der Waals surface area contributed by atoms with E-state index in [-0.39, 0.29) is 37.2 Å². The lowest BCUT2D eigenvalue weighted by Crippen LogP contribution is -2.58. The van der Waals surface area contributed by atoms with E-state index in [0.29, 0.717) is 11.3 Å². The van der Waals surface area contributed by atoms with Crippen LogP contribution in [0.2, 0.25) is 0 Å². The number of aromatic nitrogens is 2. The number of amides is 4. The lowest BCUT2D eigenvalue weighted by atomic mass is 10.0. The number of aliphatic carboxylic acids is 1. The highest BCUT2D eigenvalue weighted by Gasteiger charge is 2.31. The number of carbonyl (C=O) groups excluding carboxylic acids is 4. The minimum Gasteiger partial charge on any atom is -0.508 e. The van der Waals surface area contributed by atoms with Crippen LogP contribution in [0.15, 0.2) is 36.8 Å². The molecule has 1 aromatic heterocycles. The highest BCUT2D eigenvalue weighted by atomic mass is 32.1. The van der Waals surface area contributed by atoms with Crippen molar-refractivity contribution in [2.75, 3.05) is 5.75 Å². The number of nitrogens with one attached hydrogen (secondary N) is 4. The topological polar surface area (TPSA) is 243 Å². The van der Waals surface area contributed by atoms with Gasteiger partial charge in [-0.25, -0.2) is 9.78 Å². The highest BCUT2D eigenvalue weighted by molar-refractivity contribution is 7.80. The molecule has 0 bridgehead atoms. The number of primary amides is 1. The second-order valence-corrected chi connectivity index (χ2v) is 8.83. The number of rotatable bonds is 15. The summed E-state index contributed by atoms with van der Waals surface area (Å²) in [6.45, 7) is 0. The average Bonchev–Trinajstić information content (AvgIpc) is 3.39. The molecule has 0 aliphatic heterocycles. The number of aromatic hydroxyl groups is 1. The molecule has 2 aromatic rings. The van der Waals surface area contributed by atoms with Gasteiger partial charge >= 0.3 is 5.97 Å².